The van der Waals surface area contributed by atoms with Gasteiger partial charge in [-0.1, -0.05) is 13.8 Å². The number of hydrogen-bond donors (Lipinski definition) is 1. The first-order chi connectivity index (χ1) is 9.34. The molecule has 1 rings (SSSR count). The lowest BCUT2D eigenvalue weighted by atomic mass is 10.2. The van der Waals surface area contributed by atoms with Crippen molar-refractivity contribution in [3.63, 3.8) is 0 Å². The molecule has 0 aliphatic rings. The predicted octanol–water partition coefficient (Wildman–Crippen LogP) is 0.685. The summed E-state index contributed by atoms with van der Waals surface area (Å²) in [6, 6.07) is 4.43. The number of rotatable bonds is 6. The number of carboxylic acids is 1. The van der Waals surface area contributed by atoms with Crippen LogP contribution in [0.5, 0.6) is 0 Å². The Morgan fingerprint density at radius 2 is 2.25 bits per heavy atom. The maximum absolute atomic E-state index is 12.4. The zero-order valence-electron chi connectivity index (χ0n) is 11.1. The van der Waals surface area contributed by atoms with Gasteiger partial charge in [-0.25, -0.2) is 13.4 Å². The molecule has 0 aliphatic heterocycles. The lowest BCUT2D eigenvalue weighted by Crippen LogP contribution is -2.37. The monoisotopic (exact) mass is 297 g/mol. The van der Waals surface area contributed by atoms with Crippen LogP contribution >= 0.6 is 0 Å². The van der Waals surface area contributed by atoms with E-state index in [0.717, 1.165) is 4.31 Å². The van der Waals surface area contributed by atoms with Crippen molar-refractivity contribution in [3.8, 4) is 6.07 Å². The molecule has 0 radical (unpaired) electrons. The molecular formula is C12H15N3O4S. The van der Waals surface area contributed by atoms with Crippen LogP contribution < -0.4 is 0 Å². The van der Waals surface area contributed by atoms with Gasteiger partial charge in [0.2, 0.25) is 10.0 Å². The molecule has 1 heterocycles. The van der Waals surface area contributed by atoms with Crippen LogP contribution in [-0.4, -0.2) is 41.9 Å². The van der Waals surface area contributed by atoms with Crippen LogP contribution in [-0.2, 0) is 14.8 Å². The Hall–Kier alpha value is -1.98. The first-order valence-electron chi connectivity index (χ1n) is 5.92. The smallest absolute Gasteiger partial charge is 0.307 e. The number of pyridine rings is 1. The molecule has 7 nitrogen and oxygen atoms in total. The Morgan fingerprint density at radius 3 is 2.75 bits per heavy atom. The highest BCUT2D eigenvalue weighted by molar-refractivity contribution is 7.89. The average Bonchev–Trinajstić information content (AvgIpc) is 2.43. The quantitative estimate of drug-likeness (QED) is 0.826. The van der Waals surface area contributed by atoms with Crippen molar-refractivity contribution >= 4 is 16.0 Å². The standard InChI is InChI=1S/C12H15N3O4S/c1-3-15(8-9(2)12(16)17)20(18,19)11-5-4-6-14-10(11)7-13/h4-6,9H,3,8H2,1-2H3,(H,16,17). The van der Waals surface area contributed by atoms with E-state index in [-0.39, 0.29) is 23.7 Å². The topological polar surface area (TPSA) is 111 Å². The highest BCUT2D eigenvalue weighted by atomic mass is 32.2. The summed E-state index contributed by atoms with van der Waals surface area (Å²) in [6.07, 6.45) is 1.33. The van der Waals surface area contributed by atoms with Crippen molar-refractivity contribution < 1.29 is 18.3 Å². The van der Waals surface area contributed by atoms with E-state index in [1.807, 2.05) is 0 Å². The van der Waals surface area contributed by atoms with Crippen LogP contribution in [0.2, 0.25) is 0 Å². The SMILES string of the molecule is CCN(CC(C)C(=O)O)S(=O)(=O)c1cccnc1C#N. The Bertz CT molecular complexity index is 636. The Kier molecular flexibility index (Phi) is 5.19. The summed E-state index contributed by atoms with van der Waals surface area (Å²) in [6.45, 7) is 2.98. The minimum absolute atomic E-state index is 0.111. The summed E-state index contributed by atoms with van der Waals surface area (Å²) in [5.74, 6) is -1.92. The molecule has 20 heavy (non-hydrogen) atoms. The Labute approximate surface area is 117 Å². The van der Waals surface area contributed by atoms with Crippen molar-refractivity contribution in [2.24, 2.45) is 5.92 Å². The molecule has 0 aromatic carbocycles. The summed E-state index contributed by atoms with van der Waals surface area (Å²) in [5, 5.41) is 17.8. The number of nitriles is 1. The third-order valence-electron chi connectivity index (χ3n) is 2.75. The number of hydrogen-bond acceptors (Lipinski definition) is 5. The highest BCUT2D eigenvalue weighted by Gasteiger charge is 2.29. The fourth-order valence-electron chi connectivity index (χ4n) is 1.60. The zero-order valence-corrected chi connectivity index (χ0v) is 12.0. The van der Waals surface area contributed by atoms with Gasteiger partial charge in [0.1, 0.15) is 11.0 Å². The molecule has 1 unspecified atom stereocenters. The average molecular weight is 297 g/mol. The van der Waals surface area contributed by atoms with Gasteiger partial charge in [0, 0.05) is 19.3 Å². The summed E-state index contributed by atoms with van der Waals surface area (Å²) in [4.78, 5) is 14.4. The molecule has 0 saturated carbocycles. The van der Waals surface area contributed by atoms with Gasteiger partial charge < -0.3 is 5.11 Å². The van der Waals surface area contributed by atoms with Gasteiger partial charge in [0.25, 0.3) is 0 Å². The molecule has 1 aromatic heterocycles. The second kappa shape index (κ2) is 6.45. The number of aromatic nitrogens is 1. The van der Waals surface area contributed by atoms with Gasteiger partial charge in [-0.05, 0) is 12.1 Å². The second-order valence-electron chi connectivity index (χ2n) is 4.16. The molecular weight excluding hydrogens is 282 g/mol. The molecule has 0 saturated heterocycles. The van der Waals surface area contributed by atoms with Gasteiger partial charge in [-0.2, -0.15) is 9.57 Å². The zero-order chi connectivity index (χ0) is 15.3. The third-order valence-corrected chi connectivity index (χ3v) is 4.72. The van der Waals surface area contributed by atoms with Crippen molar-refractivity contribution in [3.05, 3.63) is 24.0 Å². The van der Waals surface area contributed by atoms with E-state index < -0.39 is 21.9 Å². The molecule has 1 aromatic rings. The van der Waals surface area contributed by atoms with E-state index in [2.05, 4.69) is 4.98 Å². The highest BCUT2D eigenvalue weighted by Crippen LogP contribution is 2.19. The van der Waals surface area contributed by atoms with Crippen LogP contribution in [0.15, 0.2) is 23.2 Å². The summed E-state index contributed by atoms with van der Waals surface area (Å²) >= 11 is 0. The lowest BCUT2D eigenvalue weighted by Gasteiger charge is -2.22. The molecule has 0 amide bonds. The van der Waals surface area contributed by atoms with Crippen molar-refractivity contribution in [1.82, 2.24) is 9.29 Å². The van der Waals surface area contributed by atoms with Gasteiger partial charge in [-0.3, -0.25) is 4.79 Å². The first-order valence-corrected chi connectivity index (χ1v) is 7.36. The summed E-state index contributed by atoms with van der Waals surface area (Å²) in [5.41, 5.74) is -0.200. The molecule has 8 heteroatoms. The van der Waals surface area contributed by atoms with Gasteiger partial charge in [-0.15, -0.1) is 0 Å². The number of nitrogens with zero attached hydrogens (tertiary/aromatic N) is 3. The third kappa shape index (κ3) is 3.31. The minimum atomic E-state index is -3.94. The maximum atomic E-state index is 12.4. The summed E-state index contributed by atoms with van der Waals surface area (Å²) in [7, 11) is -3.94. The Morgan fingerprint density at radius 1 is 1.60 bits per heavy atom. The van der Waals surface area contributed by atoms with E-state index in [9.17, 15) is 13.2 Å². The van der Waals surface area contributed by atoms with Crippen LogP contribution in [0, 0.1) is 17.2 Å². The second-order valence-corrected chi connectivity index (χ2v) is 6.06. The Balaban J connectivity index is 3.20. The van der Waals surface area contributed by atoms with Gasteiger partial charge in [0.15, 0.2) is 5.69 Å². The molecule has 1 N–H and O–H groups in total. The maximum Gasteiger partial charge on any atom is 0.307 e. The van der Waals surface area contributed by atoms with E-state index >= 15 is 0 Å². The molecule has 1 atom stereocenters. The molecule has 0 aliphatic carbocycles. The predicted molar refractivity (Wildman–Crippen MR) is 70.2 cm³/mol. The fourth-order valence-corrected chi connectivity index (χ4v) is 3.23. The van der Waals surface area contributed by atoms with Gasteiger partial charge in [0.05, 0.1) is 5.92 Å². The van der Waals surface area contributed by atoms with Crippen molar-refractivity contribution in [2.45, 2.75) is 18.7 Å². The van der Waals surface area contributed by atoms with Crippen molar-refractivity contribution in [2.75, 3.05) is 13.1 Å². The van der Waals surface area contributed by atoms with Crippen molar-refractivity contribution in [1.29, 1.82) is 5.26 Å². The number of carbonyl (C=O) groups is 1. The summed E-state index contributed by atoms with van der Waals surface area (Å²) < 4.78 is 25.9. The molecule has 0 bridgehead atoms. The number of carboxylic acid groups (broad SMARTS) is 1. The van der Waals surface area contributed by atoms with Crippen LogP contribution in [0.25, 0.3) is 0 Å². The van der Waals surface area contributed by atoms with E-state index in [0.29, 0.717) is 0 Å². The van der Waals surface area contributed by atoms with Crippen LogP contribution in [0.3, 0.4) is 0 Å². The van der Waals surface area contributed by atoms with E-state index in [4.69, 9.17) is 10.4 Å². The van der Waals surface area contributed by atoms with Crippen LogP contribution in [0.1, 0.15) is 19.5 Å². The largest absolute Gasteiger partial charge is 0.481 e. The number of sulfonamides is 1. The van der Waals surface area contributed by atoms with E-state index in [1.165, 1.54) is 25.3 Å². The fraction of sp³-hybridized carbons (Fsp3) is 0.417. The molecule has 108 valence electrons. The molecule has 0 spiro atoms. The van der Waals surface area contributed by atoms with Crippen LogP contribution in [0.4, 0.5) is 0 Å². The van der Waals surface area contributed by atoms with Gasteiger partial charge >= 0.3 is 5.97 Å². The molecule has 0 fully saturated rings. The number of aliphatic carboxylic acids is 1. The normalized spacial score (nSPS) is 12.9. The minimum Gasteiger partial charge on any atom is -0.481 e. The lowest BCUT2D eigenvalue weighted by molar-refractivity contribution is -0.141. The first kappa shape index (κ1) is 16.1. The van der Waals surface area contributed by atoms with E-state index in [1.54, 1.807) is 13.0 Å².